The van der Waals surface area contributed by atoms with Crippen molar-refractivity contribution in [3.05, 3.63) is 69.2 Å². The molecule has 162 valence electrons. The highest BCUT2D eigenvalue weighted by molar-refractivity contribution is 7.91. The Hall–Kier alpha value is -2.53. The summed E-state index contributed by atoms with van der Waals surface area (Å²) < 4.78 is 27.4. The van der Waals surface area contributed by atoms with Crippen LogP contribution in [0.3, 0.4) is 0 Å². The van der Waals surface area contributed by atoms with Gasteiger partial charge < -0.3 is 10.2 Å². The zero-order chi connectivity index (χ0) is 22.0. The number of para-hydroxylation sites is 1. The minimum Gasteiger partial charge on any atom is -0.336 e. The molecule has 7 nitrogen and oxygen atoms in total. The Bertz CT molecular complexity index is 1190. The van der Waals surface area contributed by atoms with Gasteiger partial charge in [0.15, 0.2) is 0 Å². The number of anilines is 1. The van der Waals surface area contributed by atoms with Gasteiger partial charge in [0.2, 0.25) is 0 Å². The van der Waals surface area contributed by atoms with Crippen LogP contribution in [0.15, 0.2) is 58.1 Å². The molecule has 2 amide bonds. The summed E-state index contributed by atoms with van der Waals surface area (Å²) in [7, 11) is -3.55. The van der Waals surface area contributed by atoms with E-state index in [4.69, 9.17) is 0 Å². The van der Waals surface area contributed by atoms with Crippen molar-refractivity contribution >= 4 is 50.2 Å². The first-order valence-electron chi connectivity index (χ1n) is 9.66. The molecule has 1 fully saturated rings. The van der Waals surface area contributed by atoms with E-state index in [1.54, 1.807) is 53.4 Å². The molecule has 0 saturated carbocycles. The zero-order valence-electron chi connectivity index (χ0n) is 16.8. The maximum Gasteiger partial charge on any atom is 0.265 e. The van der Waals surface area contributed by atoms with Crippen LogP contribution in [0.1, 0.15) is 24.9 Å². The smallest absolute Gasteiger partial charge is 0.265 e. The van der Waals surface area contributed by atoms with E-state index in [-0.39, 0.29) is 38.0 Å². The lowest BCUT2D eigenvalue weighted by atomic mass is 10.1. The number of piperazine rings is 1. The summed E-state index contributed by atoms with van der Waals surface area (Å²) >= 11 is 2.57. The molecule has 1 aromatic carbocycles. The number of nitrogens with one attached hydrogen (secondary N) is 1. The summed E-state index contributed by atoms with van der Waals surface area (Å²) in [5, 5.41) is 4.63. The van der Waals surface area contributed by atoms with Crippen molar-refractivity contribution in [1.82, 2.24) is 9.21 Å². The summed E-state index contributed by atoms with van der Waals surface area (Å²) in [6.45, 7) is 2.91. The van der Waals surface area contributed by atoms with Crippen LogP contribution < -0.4 is 5.32 Å². The standard InChI is InChI=1S/C21H21N3O4S3/c1-15-8-9-19(30-15)31(27,28)24-12-10-23(11-13-24)21(26)16-5-2-3-6-17(16)22-20(25)18-7-4-14-29-18/h2-9,14H,10-13H2,1H3,(H,22,25). The first kappa shape index (κ1) is 21.7. The molecule has 1 N–H and O–H groups in total. The number of benzene rings is 1. The van der Waals surface area contributed by atoms with Gasteiger partial charge in [0.25, 0.3) is 21.8 Å². The van der Waals surface area contributed by atoms with Crippen molar-refractivity contribution in [2.75, 3.05) is 31.5 Å². The van der Waals surface area contributed by atoms with Crippen molar-refractivity contribution in [3.8, 4) is 0 Å². The largest absolute Gasteiger partial charge is 0.336 e. The number of nitrogens with zero attached hydrogens (tertiary/aromatic N) is 2. The Morgan fingerprint density at radius 1 is 0.968 bits per heavy atom. The van der Waals surface area contributed by atoms with Gasteiger partial charge in [-0.25, -0.2) is 8.42 Å². The highest BCUT2D eigenvalue weighted by Gasteiger charge is 2.32. The van der Waals surface area contributed by atoms with Crippen LogP contribution in [0.4, 0.5) is 5.69 Å². The van der Waals surface area contributed by atoms with Crippen LogP contribution in [0.5, 0.6) is 0 Å². The molecular formula is C21H21N3O4S3. The van der Waals surface area contributed by atoms with E-state index in [1.165, 1.54) is 27.0 Å². The average Bonchev–Trinajstić information content (AvgIpc) is 3.46. The van der Waals surface area contributed by atoms with E-state index in [1.807, 2.05) is 12.3 Å². The maximum atomic E-state index is 13.1. The van der Waals surface area contributed by atoms with E-state index in [0.717, 1.165) is 4.88 Å². The van der Waals surface area contributed by atoms with Crippen LogP contribution >= 0.6 is 22.7 Å². The maximum absolute atomic E-state index is 13.1. The van der Waals surface area contributed by atoms with E-state index < -0.39 is 10.0 Å². The third-order valence-electron chi connectivity index (χ3n) is 4.99. The summed E-state index contributed by atoms with van der Waals surface area (Å²) in [6.07, 6.45) is 0. The third kappa shape index (κ3) is 4.57. The van der Waals surface area contributed by atoms with Gasteiger partial charge in [-0.3, -0.25) is 9.59 Å². The van der Waals surface area contributed by atoms with E-state index >= 15 is 0 Å². The number of sulfonamides is 1. The second-order valence-electron chi connectivity index (χ2n) is 7.04. The number of hydrogen-bond acceptors (Lipinski definition) is 6. The van der Waals surface area contributed by atoms with Gasteiger partial charge in [0, 0.05) is 31.1 Å². The van der Waals surface area contributed by atoms with Crippen LogP contribution in [-0.4, -0.2) is 55.6 Å². The van der Waals surface area contributed by atoms with Gasteiger partial charge in [0.1, 0.15) is 4.21 Å². The molecule has 1 saturated heterocycles. The lowest BCUT2D eigenvalue weighted by Gasteiger charge is -2.34. The van der Waals surface area contributed by atoms with Crippen LogP contribution in [0, 0.1) is 6.92 Å². The summed E-state index contributed by atoms with van der Waals surface area (Å²) in [5.41, 5.74) is 0.826. The van der Waals surface area contributed by atoms with E-state index in [0.29, 0.717) is 20.3 Å². The van der Waals surface area contributed by atoms with Gasteiger partial charge in [-0.1, -0.05) is 18.2 Å². The summed E-state index contributed by atoms with van der Waals surface area (Å²) in [6, 6.07) is 13.8. The molecule has 0 aliphatic carbocycles. The Kier molecular flexibility index (Phi) is 6.24. The molecule has 0 spiro atoms. The van der Waals surface area contributed by atoms with Gasteiger partial charge in [-0.05, 0) is 42.6 Å². The molecule has 4 rings (SSSR count). The molecule has 2 aromatic heterocycles. The van der Waals surface area contributed by atoms with Crippen molar-refractivity contribution in [3.63, 3.8) is 0 Å². The highest BCUT2D eigenvalue weighted by Crippen LogP contribution is 2.26. The molecule has 0 atom stereocenters. The Labute approximate surface area is 189 Å². The molecule has 3 heterocycles. The van der Waals surface area contributed by atoms with E-state index in [2.05, 4.69) is 5.32 Å². The fourth-order valence-corrected chi connectivity index (χ4v) is 6.83. The van der Waals surface area contributed by atoms with Crippen molar-refractivity contribution in [2.45, 2.75) is 11.1 Å². The molecule has 0 radical (unpaired) electrons. The quantitative estimate of drug-likeness (QED) is 0.612. The lowest BCUT2D eigenvalue weighted by molar-refractivity contribution is 0.0699. The molecule has 10 heteroatoms. The first-order chi connectivity index (χ1) is 14.9. The number of amides is 2. The number of thiophene rings is 2. The van der Waals surface area contributed by atoms with Crippen LogP contribution in [-0.2, 0) is 10.0 Å². The van der Waals surface area contributed by atoms with E-state index in [9.17, 15) is 18.0 Å². The molecule has 3 aromatic rings. The monoisotopic (exact) mass is 475 g/mol. The predicted molar refractivity (Wildman–Crippen MR) is 122 cm³/mol. The number of hydrogen-bond donors (Lipinski definition) is 1. The molecular weight excluding hydrogens is 454 g/mol. The molecule has 0 unspecified atom stereocenters. The Morgan fingerprint density at radius 3 is 2.35 bits per heavy atom. The van der Waals surface area contributed by atoms with Gasteiger partial charge in [0.05, 0.1) is 16.1 Å². The summed E-state index contributed by atoms with van der Waals surface area (Å²) in [4.78, 5) is 28.7. The predicted octanol–water partition coefficient (Wildman–Crippen LogP) is 3.52. The fourth-order valence-electron chi connectivity index (χ4n) is 3.35. The zero-order valence-corrected chi connectivity index (χ0v) is 19.2. The molecule has 31 heavy (non-hydrogen) atoms. The minimum absolute atomic E-state index is 0.230. The second-order valence-corrected chi connectivity index (χ2v) is 11.4. The Balaban J connectivity index is 1.45. The number of carbonyl (C=O) groups is 2. The number of aryl methyl sites for hydroxylation is 1. The van der Waals surface area contributed by atoms with Gasteiger partial charge >= 0.3 is 0 Å². The topological polar surface area (TPSA) is 86.8 Å². The lowest BCUT2D eigenvalue weighted by Crippen LogP contribution is -2.50. The number of carbonyl (C=O) groups excluding carboxylic acids is 2. The molecule has 1 aliphatic rings. The molecule has 0 bridgehead atoms. The van der Waals surface area contributed by atoms with Crippen LogP contribution in [0.2, 0.25) is 0 Å². The second kappa shape index (κ2) is 8.91. The molecule has 1 aliphatic heterocycles. The van der Waals surface area contributed by atoms with Crippen molar-refractivity contribution in [1.29, 1.82) is 0 Å². The third-order valence-corrected chi connectivity index (χ3v) is 9.22. The average molecular weight is 476 g/mol. The normalized spacial score (nSPS) is 15.1. The minimum atomic E-state index is -3.55. The van der Waals surface area contributed by atoms with Crippen molar-refractivity contribution < 1.29 is 18.0 Å². The van der Waals surface area contributed by atoms with Gasteiger partial charge in [-0.2, -0.15) is 4.31 Å². The first-order valence-corrected chi connectivity index (χ1v) is 12.8. The summed E-state index contributed by atoms with van der Waals surface area (Å²) in [5.74, 6) is -0.497. The highest BCUT2D eigenvalue weighted by atomic mass is 32.2. The SMILES string of the molecule is Cc1ccc(S(=O)(=O)N2CCN(C(=O)c3ccccc3NC(=O)c3cccs3)CC2)s1. The fraction of sp³-hybridized carbons (Fsp3) is 0.238. The van der Waals surface area contributed by atoms with Crippen molar-refractivity contribution in [2.24, 2.45) is 0 Å². The number of rotatable bonds is 5. The van der Waals surface area contributed by atoms with Gasteiger partial charge in [-0.15, -0.1) is 22.7 Å². The van der Waals surface area contributed by atoms with Crippen LogP contribution in [0.25, 0.3) is 0 Å². The Morgan fingerprint density at radius 2 is 1.71 bits per heavy atom.